The Morgan fingerprint density at radius 1 is 1.11 bits per heavy atom. The van der Waals surface area contributed by atoms with Gasteiger partial charge >= 0.3 is 5.97 Å². The van der Waals surface area contributed by atoms with Crippen molar-refractivity contribution >= 4 is 5.97 Å². The number of hydrogen-bond acceptors (Lipinski definition) is 7. The lowest BCUT2D eigenvalue weighted by atomic mass is 9.97. The minimum absolute atomic E-state index is 0.0293. The summed E-state index contributed by atoms with van der Waals surface area (Å²) in [7, 11) is 0. The van der Waals surface area contributed by atoms with Crippen LogP contribution in [0.1, 0.15) is 64.2 Å². The van der Waals surface area contributed by atoms with E-state index in [1.165, 1.54) is 6.08 Å². The molecule has 4 aliphatic rings. The number of carbonyl (C=O) groups excluding carboxylic acids is 1. The summed E-state index contributed by atoms with van der Waals surface area (Å²) in [4.78, 5) is 12.6. The normalized spacial score (nSPS) is 39.2. The van der Waals surface area contributed by atoms with Gasteiger partial charge in [0.05, 0.1) is 30.5 Å². The topological polar surface area (TPSA) is 97.8 Å². The van der Waals surface area contributed by atoms with Crippen LogP contribution in [0.3, 0.4) is 0 Å². The van der Waals surface area contributed by atoms with Crippen LogP contribution in [-0.2, 0) is 23.7 Å². The molecule has 8 atom stereocenters. The van der Waals surface area contributed by atoms with Crippen molar-refractivity contribution in [2.45, 2.75) is 113 Å². The molecule has 0 amide bonds. The monoisotopic (exact) mass is 488 g/mol. The molecule has 7 heteroatoms. The van der Waals surface area contributed by atoms with Crippen molar-refractivity contribution in [3.8, 4) is 0 Å². The fourth-order valence-electron chi connectivity index (χ4n) is 5.08. The second kappa shape index (κ2) is 13.0. The summed E-state index contributed by atoms with van der Waals surface area (Å²) >= 11 is 0. The van der Waals surface area contributed by atoms with Crippen LogP contribution in [-0.4, -0.2) is 71.6 Å². The first-order chi connectivity index (χ1) is 17.0. The smallest absolute Gasteiger partial charge is 0.330 e. The molecule has 2 N–H and O–H groups in total. The van der Waals surface area contributed by atoms with Gasteiger partial charge in [0.1, 0.15) is 18.3 Å². The zero-order valence-electron chi connectivity index (χ0n) is 20.5. The van der Waals surface area contributed by atoms with Crippen LogP contribution in [0.15, 0.2) is 48.6 Å². The zero-order valence-corrected chi connectivity index (χ0v) is 20.5. The third-order valence-electron chi connectivity index (χ3n) is 7.15. The highest BCUT2D eigenvalue weighted by atomic mass is 16.6. The summed E-state index contributed by atoms with van der Waals surface area (Å²) in [6, 6.07) is 0. The van der Waals surface area contributed by atoms with Crippen molar-refractivity contribution in [1.29, 1.82) is 0 Å². The fourth-order valence-corrected chi connectivity index (χ4v) is 5.08. The number of ether oxygens (including phenoxy) is 4. The van der Waals surface area contributed by atoms with Gasteiger partial charge in [0.2, 0.25) is 0 Å². The third-order valence-corrected chi connectivity index (χ3v) is 7.15. The molecule has 0 saturated carbocycles. The van der Waals surface area contributed by atoms with Gasteiger partial charge in [-0.1, -0.05) is 42.5 Å². The summed E-state index contributed by atoms with van der Waals surface area (Å²) in [5.74, 6) is -0.514. The predicted octanol–water partition coefficient (Wildman–Crippen LogP) is 3.69. The van der Waals surface area contributed by atoms with Crippen molar-refractivity contribution < 1.29 is 34.0 Å². The Morgan fingerprint density at radius 3 is 2.83 bits per heavy atom. The number of cyclic esters (lactones) is 1. The second-order valence-corrected chi connectivity index (χ2v) is 10.1. The highest BCUT2D eigenvalue weighted by molar-refractivity contribution is 5.82. The molecule has 2 bridgehead atoms. The van der Waals surface area contributed by atoms with E-state index in [4.69, 9.17) is 18.9 Å². The molecule has 0 aromatic rings. The van der Waals surface area contributed by atoms with E-state index in [2.05, 4.69) is 12.7 Å². The van der Waals surface area contributed by atoms with Gasteiger partial charge in [0, 0.05) is 19.1 Å². The maximum atomic E-state index is 12.6. The van der Waals surface area contributed by atoms with Gasteiger partial charge in [-0.3, -0.25) is 0 Å². The van der Waals surface area contributed by atoms with E-state index >= 15 is 0 Å². The maximum Gasteiger partial charge on any atom is 0.330 e. The molecule has 2 saturated heterocycles. The Balaban J connectivity index is 1.42. The van der Waals surface area contributed by atoms with Gasteiger partial charge in [0.15, 0.2) is 0 Å². The Bertz CT molecular complexity index is 797. The molecule has 194 valence electrons. The number of rotatable bonds is 3. The van der Waals surface area contributed by atoms with E-state index in [1.54, 1.807) is 12.2 Å². The van der Waals surface area contributed by atoms with Crippen molar-refractivity contribution in [3.63, 3.8) is 0 Å². The summed E-state index contributed by atoms with van der Waals surface area (Å²) in [5, 5.41) is 21.5. The Kier molecular flexibility index (Phi) is 9.75. The lowest BCUT2D eigenvalue weighted by Crippen LogP contribution is -2.32. The molecule has 35 heavy (non-hydrogen) atoms. The van der Waals surface area contributed by atoms with Crippen LogP contribution >= 0.6 is 0 Å². The molecule has 0 spiro atoms. The number of aliphatic hydroxyl groups excluding tert-OH is 2. The highest BCUT2D eigenvalue weighted by Crippen LogP contribution is 2.34. The van der Waals surface area contributed by atoms with Crippen LogP contribution in [0, 0.1) is 0 Å². The SMILES string of the molecule is C=C1CCC[C@@H]2CC=C[C@@H](C/C=C\C(=O)O[C@H]([C@@H](O)/C=C/C3CCCCO3)C[C@@H]3O[C@H]3[C@@H](O)C1)O2. The fraction of sp³-hybridized carbons (Fsp3) is 0.679. The molecule has 0 aromatic carbocycles. The molecule has 4 heterocycles. The number of aliphatic hydroxyl groups is 2. The minimum atomic E-state index is -0.995. The molecular weight excluding hydrogens is 448 g/mol. The number of carbonyl (C=O) groups is 1. The van der Waals surface area contributed by atoms with Crippen molar-refractivity contribution in [3.05, 3.63) is 48.6 Å². The molecule has 0 aliphatic carbocycles. The van der Waals surface area contributed by atoms with E-state index < -0.39 is 24.3 Å². The van der Waals surface area contributed by atoms with Crippen LogP contribution in [0.5, 0.6) is 0 Å². The molecule has 1 unspecified atom stereocenters. The summed E-state index contributed by atoms with van der Waals surface area (Å²) in [6.07, 6.45) is 15.9. The molecule has 4 rings (SSSR count). The average Bonchev–Trinajstić information content (AvgIpc) is 3.62. The number of esters is 1. The molecule has 7 nitrogen and oxygen atoms in total. The lowest BCUT2D eigenvalue weighted by Gasteiger charge is -2.25. The van der Waals surface area contributed by atoms with Gasteiger partial charge in [-0.05, 0) is 57.8 Å². The molecular formula is C28H40O7. The average molecular weight is 489 g/mol. The third kappa shape index (κ3) is 8.40. The van der Waals surface area contributed by atoms with E-state index in [-0.39, 0.29) is 30.5 Å². The first-order valence-electron chi connectivity index (χ1n) is 13.2. The van der Waals surface area contributed by atoms with Crippen LogP contribution in [0.25, 0.3) is 0 Å². The van der Waals surface area contributed by atoms with Crippen molar-refractivity contribution in [2.24, 2.45) is 0 Å². The number of hydrogen-bond donors (Lipinski definition) is 2. The maximum absolute atomic E-state index is 12.6. The van der Waals surface area contributed by atoms with Gasteiger partial charge in [-0.25, -0.2) is 4.79 Å². The zero-order chi connectivity index (χ0) is 24.6. The number of epoxide rings is 1. The first-order valence-corrected chi connectivity index (χ1v) is 13.2. The van der Waals surface area contributed by atoms with Crippen LogP contribution in [0.2, 0.25) is 0 Å². The first kappa shape index (κ1) is 26.3. The summed E-state index contributed by atoms with van der Waals surface area (Å²) in [6.45, 7) is 4.86. The van der Waals surface area contributed by atoms with Gasteiger partial charge < -0.3 is 29.2 Å². The molecule has 0 aromatic heterocycles. The van der Waals surface area contributed by atoms with Crippen molar-refractivity contribution in [2.75, 3.05) is 6.61 Å². The predicted molar refractivity (Wildman–Crippen MR) is 132 cm³/mol. The van der Waals surface area contributed by atoms with Crippen LogP contribution in [0.4, 0.5) is 0 Å². The molecule has 0 radical (unpaired) electrons. The Hall–Kier alpha value is -1.77. The Labute approximate surface area is 208 Å². The summed E-state index contributed by atoms with van der Waals surface area (Å²) in [5.41, 5.74) is 0.997. The van der Waals surface area contributed by atoms with Crippen molar-refractivity contribution in [1.82, 2.24) is 0 Å². The Morgan fingerprint density at radius 2 is 2.00 bits per heavy atom. The van der Waals surface area contributed by atoms with E-state index in [0.717, 1.165) is 57.1 Å². The summed E-state index contributed by atoms with van der Waals surface area (Å²) < 4.78 is 23.2. The van der Waals surface area contributed by atoms with E-state index in [1.807, 2.05) is 12.2 Å². The molecule has 4 aliphatic heterocycles. The van der Waals surface area contributed by atoms with E-state index in [9.17, 15) is 15.0 Å². The largest absolute Gasteiger partial charge is 0.456 e. The van der Waals surface area contributed by atoms with Crippen LogP contribution < -0.4 is 0 Å². The highest BCUT2D eigenvalue weighted by Gasteiger charge is 2.46. The second-order valence-electron chi connectivity index (χ2n) is 10.1. The molecule has 2 fully saturated rings. The van der Waals surface area contributed by atoms with Gasteiger partial charge in [-0.15, -0.1) is 0 Å². The van der Waals surface area contributed by atoms with Gasteiger partial charge in [-0.2, -0.15) is 0 Å². The standard InChI is InChI=1S/C28H40O7/c1-19-7-4-9-21-10-5-11-22(33-21)12-6-13-27(31)34-25(18-26-28(35-26)24(30)17-19)23(29)15-14-20-8-2-3-16-32-20/h5-6,11,13-15,20-26,28-30H,1-4,7-10,12,16-18H2/b13-6-,15-14+/t20?,21-,22+,23+,24+,25+,26+,28+/m1/s1. The number of fused-ring (bicyclic) bond motifs is 3. The lowest BCUT2D eigenvalue weighted by molar-refractivity contribution is -0.148. The van der Waals surface area contributed by atoms with Gasteiger partial charge in [0.25, 0.3) is 0 Å². The minimum Gasteiger partial charge on any atom is -0.456 e. The van der Waals surface area contributed by atoms with E-state index in [0.29, 0.717) is 19.3 Å². The quantitative estimate of drug-likeness (QED) is 0.355.